The summed E-state index contributed by atoms with van der Waals surface area (Å²) in [6.07, 6.45) is 5.57. The van der Waals surface area contributed by atoms with Crippen molar-refractivity contribution >= 4 is 5.96 Å². The van der Waals surface area contributed by atoms with Crippen LogP contribution in [0.25, 0.3) is 0 Å². The number of guanidine groups is 1. The molecule has 0 saturated heterocycles. The topological polar surface area (TPSA) is 72.1 Å². The van der Waals surface area contributed by atoms with E-state index in [2.05, 4.69) is 32.7 Å². The average Bonchev–Trinajstić information content (AvgIpc) is 3.11. The van der Waals surface area contributed by atoms with Crippen LogP contribution in [-0.4, -0.2) is 39.1 Å². The van der Waals surface area contributed by atoms with Crippen LogP contribution in [0.4, 0.5) is 0 Å². The first-order chi connectivity index (χ1) is 10.2. The predicted molar refractivity (Wildman–Crippen MR) is 82.8 cm³/mol. The Hall–Kier alpha value is -2.31. The van der Waals surface area contributed by atoms with Gasteiger partial charge in [0.15, 0.2) is 5.96 Å². The van der Waals surface area contributed by atoms with Crippen LogP contribution in [0.15, 0.2) is 35.7 Å². The number of aromatic nitrogens is 4. The maximum atomic E-state index is 4.23. The minimum absolute atomic E-state index is 0.458. The zero-order chi connectivity index (χ0) is 15.1. The number of aliphatic imine (C=N–C) groups is 1. The van der Waals surface area contributed by atoms with Crippen molar-refractivity contribution in [1.29, 1.82) is 0 Å². The lowest BCUT2D eigenvalue weighted by molar-refractivity contribution is 0.443. The van der Waals surface area contributed by atoms with Gasteiger partial charge in [0, 0.05) is 45.8 Å². The minimum atomic E-state index is 0.458. The largest absolute Gasteiger partial charge is 0.356 e. The summed E-state index contributed by atoms with van der Waals surface area (Å²) in [5.74, 6) is 1.25. The number of nitrogens with zero attached hydrogens (tertiary/aromatic N) is 5. The highest BCUT2D eigenvalue weighted by Gasteiger charge is 2.06. The van der Waals surface area contributed by atoms with Gasteiger partial charge < -0.3 is 10.6 Å². The molecular weight excluding hydrogens is 266 g/mol. The molecular formula is C14H23N7. The van der Waals surface area contributed by atoms with Gasteiger partial charge in [0.1, 0.15) is 0 Å². The lowest BCUT2D eigenvalue weighted by Gasteiger charge is -2.16. The lowest BCUT2D eigenvalue weighted by Crippen LogP contribution is -2.39. The highest BCUT2D eigenvalue weighted by Crippen LogP contribution is 1.98. The van der Waals surface area contributed by atoms with Crippen molar-refractivity contribution in [3.8, 4) is 0 Å². The molecule has 21 heavy (non-hydrogen) atoms. The zero-order valence-corrected chi connectivity index (χ0v) is 12.8. The van der Waals surface area contributed by atoms with Crippen LogP contribution in [0.5, 0.6) is 0 Å². The Balaban J connectivity index is 1.73. The van der Waals surface area contributed by atoms with E-state index in [4.69, 9.17) is 0 Å². The smallest absolute Gasteiger partial charge is 0.191 e. The van der Waals surface area contributed by atoms with Crippen LogP contribution in [-0.2, 0) is 20.1 Å². The fourth-order valence-corrected chi connectivity index (χ4v) is 2.03. The average molecular weight is 289 g/mol. The van der Waals surface area contributed by atoms with Gasteiger partial charge in [0.05, 0.1) is 12.2 Å². The van der Waals surface area contributed by atoms with E-state index in [1.807, 2.05) is 34.7 Å². The van der Waals surface area contributed by atoms with Crippen LogP contribution < -0.4 is 10.6 Å². The van der Waals surface area contributed by atoms with E-state index in [0.29, 0.717) is 12.5 Å². The summed E-state index contributed by atoms with van der Waals surface area (Å²) in [5.41, 5.74) is 1.11. The molecule has 7 nitrogen and oxygen atoms in total. The Morgan fingerprint density at radius 1 is 1.33 bits per heavy atom. The molecule has 0 spiro atoms. The van der Waals surface area contributed by atoms with Crippen LogP contribution in [0.1, 0.15) is 12.6 Å². The van der Waals surface area contributed by atoms with E-state index in [-0.39, 0.29) is 0 Å². The van der Waals surface area contributed by atoms with E-state index in [0.717, 1.165) is 24.7 Å². The quantitative estimate of drug-likeness (QED) is 0.604. The number of aryl methyl sites for hydroxylation is 1. The molecule has 0 aliphatic carbocycles. The highest BCUT2D eigenvalue weighted by molar-refractivity contribution is 5.79. The maximum Gasteiger partial charge on any atom is 0.191 e. The molecule has 0 saturated carbocycles. The van der Waals surface area contributed by atoms with Crippen LogP contribution in [0.2, 0.25) is 0 Å². The Bertz CT molecular complexity index is 556. The van der Waals surface area contributed by atoms with E-state index >= 15 is 0 Å². The molecule has 2 rings (SSSR count). The van der Waals surface area contributed by atoms with Gasteiger partial charge in [-0.05, 0) is 18.1 Å². The van der Waals surface area contributed by atoms with Gasteiger partial charge in [0.25, 0.3) is 0 Å². The summed E-state index contributed by atoms with van der Waals surface area (Å²) < 4.78 is 3.79. The van der Waals surface area contributed by atoms with Gasteiger partial charge in [-0.3, -0.25) is 14.4 Å². The van der Waals surface area contributed by atoms with Gasteiger partial charge in [0.2, 0.25) is 0 Å². The molecule has 0 aliphatic rings. The van der Waals surface area contributed by atoms with Gasteiger partial charge in [-0.2, -0.15) is 10.2 Å². The molecule has 2 heterocycles. The van der Waals surface area contributed by atoms with Crippen molar-refractivity contribution in [2.24, 2.45) is 18.0 Å². The zero-order valence-electron chi connectivity index (χ0n) is 12.8. The second-order valence-electron chi connectivity index (χ2n) is 5.09. The fraction of sp³-hybridized carbons (Fsp3) is 0.500. The summed E-state index contributed by atoms with van der Waals surface area (Å²) in [6.45, 7) is 4.61. The summed E-state index contributed by atoms with van der Waals surface area (Å²) >= 11 is 0. The molecule has 2 aromatic heterocycles. The Morgan fingerprint density at radius 3 is 2.81 bits per heavy atom. The first kappa shape index (κ1) is 15.1. The lowest BCUT2D eigenvalue weighted by atomic mass is 10.2. The molecule has 2 N–H and O–H groups in total. The highest BCUT2D eigenvalue weighted by atomic mass is 15.3. The fourth-order valence-electron chi connectivity index (χ4n) is 2.03. The predicted octanol–water partition coefficient (Wildman–Crippen LogP) is 0.618. The third kappa shape index (κ3) is 4.62. The van der Waals surface area contributed by atoms with Crippen LogP contribution in [0, 0.1) is 5.92 Å². The second kappa shape index (κ2) is 7.47. The van der Waals surface area contributed by atoms with E-state index < -0.39 is 0 Å². The van der Waals surface area contributed by atoms with E-state index in [1.165, 1.54) is 0 Å². The minimum Gasteiger partial charge on any atom is -0.356 e. The number of rotatable bonds is 6. The normalized spacial score (nSPS) is 13.2. The second-order valence-corrected chi connectivity index (χ2v) is 5.09. The Labute approximate surface area is 125 Å². The summed E-state index contributed by atoms with van der Waals surface area (Å²) in [7, 11) is 3.70. The number of nitrogens with one attached hydrogen (secondary N) is 2. The van der Waals surface area contributed by atoms with Crippen molar-refractivity contribution in [1.82, 2.24) is 30.2 Å². The van der Waals surface area contributed by atoms with Gasteiger partial charge in [-0.15, -0.1) is 0 Å². The van der Waals surface area contributed by atoms with Crippen LogP contribution >= 0.6 is 0 Å². The molecule has 0 bridgehead atoms. The van der Waals surface area contributed by atoms with E-state index in [9.17, 15) is 0 Å². The van der Waals surface area contributed by atoms with Crippen molar-refractivity contribution in [3.05, 3.63) is 36.4 Å². The van der Waals surface area contributed by atoms with Gasteiger partial charge in [-0.25, -0.2) is 0 Å². The maximum absolute atomic E-state index is 4.23. The van der Waals surface area contributed by atoms with Crippen molar-refractivity contribution in [2.45, 2.75) is 20.0 Å². The van der Waals surface area contributed by atoms with Crippen molar-refractivity contribution in [2.75, 3.05) is 13.6 Å². The van der Waals surface area contributed by atoms with E-state index in [1.54, 1.807) is 19.4 Å². The van der Waals surface area contributed by atoms with Crippen molar-refractivity contribution in [3.63, 3.8) is 0 Å². The summed E-state index contributed by atoms with van der Waals surface area (Å²) in [6, 6.07) is 3.93. The molecule has 7 heteroatoms. The molecule has 1 atom stereocenters. The molecule has 0 fully saturated rings. The third-order valence-electron chi connectivity index (χ3n) is 3.26. The summed E-state index contributed by atoms with van der Waals surface area (Å²) in [4.78, 5) is 4.23. The Kier molecular flexibility index (Phi) is 5.36. The third-order valence-corrected chi connectivity index (χ3v) is 3.26. The van der Waals surface area contributed by atoms with Gasteiger partial charge >= 0.3 is 0 Å². The molecule has 1 unspecified atom stereocenters. The molecule has 0 aliphatic heterocycles. The van der Waals surface area contributed by atoms with Crippen LogP contribution in [0.3, 0.4) is 0 Å². The molecule has 0 aromatic carbocycles. The Morgan fingerprint density at radius 2 is 2.19 bits per heavy atom. The molecule has 114 valence electrons. The first-order valence-corrected chi connectivity index (χ1v) is 7.08. The summed E-state index contributed by atoms with van der Waals surface area (Å²) in [5, 5.41) is 15.0. The molecule has 0 amide bonds. The number of hydrogen-bond acceptors (Lipinski definition) is 3. The van der Waals surface area contributed by atoms with Crippen molar-refractivity contribution < 1.29 is 0 Å². The van der Waals surface area contributed by atoms with Gasteiger partial charge in [-0.1, -0.05) is 6.92 Å². The standard InChI is InChI=1S/C14H23N7/c1-12(11-21-8-4-6-19-21)9-16-14(15-2)17-10-13-5-7-18-20(13)3/h4-8,12H,9-11H2,1-3H3,(H2,15,16,17). The molecule has 0 radical (unpaired) electrons. The number of hydrogen-bond donors (Lipinski definition) is 2. The monoisotopic (exact) mass is 289 g/mol. The molecule has 2 aromatic rings. The SMILES string of the molecule is CN=C(NCc1ccnn1C)NCC(C)Cn1cccn1. The first-order valence-electron chi connectivity index (χ1n) is 7.08.